The van der Waals surface area contributed by atoms with Gasteiger partial charge < -0.3 is 14.5 Å². The first-order valence-electron chi connectivity index (χ1n) is 12.1. The molecule has 0 amide bonds. The van der Waals surface area contributed by atoms with Crippen LogP contribution in [-0.4, -0.2) is 36.6 Å². The minimum atomic E-state index is -4.46. The normalized spacial score (nSPS) is 21.7. The molecule has 1 saturated carbocycles. The molecule has 0 spiro atoms. The number of anilines is 1. The van der Waals surface area contributed by atoms with Gasteiger partial charge in [-0.1, -0.05) is 69.9 Å². The molecule has 2 aliphatic rings. The van der Waals surface area contributed by atoms with Crippen molar-refractivity contribution in [3.05, 3.63) is 36.5 Å². The summed E-state index contributed by atoms with van der Waals surface area (Å²) in [5.74, 6) is -0.404. The van der Waals surface area contributed by atoms with Gasteiger partial charge in [-0.25, -0.2) is 0 Å². The third-order valence-corrected chi connectivity index (χ3v) is 6.75. The van der Waals surface area contributed by atoms with Gasteiger partial charge in [0.05, 0.1) is 19.1 Å². The van der Waals surface area contributed by atoms with Crippen molar-refractivity contribution in [1.82, 2.24) is 4.90 Å². The summed E-state index contributed by atoms with van der Waals surface area (Å²) in [5, 5.41) is 0. The fraction of sp³-hybridized carbons (Fsp3) is 0.680. The van der Waals surface area contributed by atoms with Crippen LogP contribution in [0.25, 0.3) is 0 Å². The van der Waals surface area contributed by atoms with E-state index in [4.69, 9.17) is 4.74 Å². The first kappa shape index (κ1) is 29.5. The van der Waals surface area contributed by atoms with Gasteiger partial charge >= 0.3 is 41.3 Å². The quantitative estimate of drug-likeness (QED) is 0.190. The summed E-state index contributed by atoms with van der Waals surface area (Å²) in [6.45, 7) is 2.36. The molecule has 0 radical (unpaired) electrons. The van der Waals surface area contributed by atoms with E-state index in [1.165, 1.54) is 64.2 Å². The zero-order valence-corrected chi connectivity index (χ0v) is 22.7. The molecule has 0 bridgehead atoms. The first-order valence-corrected chi connectivity index (χ1v) is 14.8. The van der Waals surface area contributed by atoms with Crippen molar-refractivity contribution in [3.63, 3.8) is 0 Å². The second kappa shape index (κ2) is 15.4. The zero-order valence-electron chi connectivity index (χ0n) is 19.8. The van der Waals surface area contributed by atoms with E-state index in [2.05, 4.69) is 14.1 Å². The Morgan fingerprint density at radius 3 is 2.09 bits per heavy atom. The summed E-state index contributed by atoms with van der Waals surface area (Å²) in [6.07, 6.45) is 8.78. The van der Waals surface area contributed by atoms with Crippen LogP contribution in [0.4, 0.5) is 18.9 Å². The average molecular weight is 686 g/mol. The van der Waals surface area contributed by atoms with Crippen molar-refractivity contribution in [2.45, 2.75) is 95.3 Å². The molecule has 1 aliphatic heterocycles. The molecular weight excluding hydrogens is 650 g/mol. The monoisotopic (exact) mass is 685 g/mol. The van der Waals surface area contributed by atoms with E-state index in [9.17, 15) is 18.0 Å². The SMILES string of the molecule is COC(=O)CC1CN(C2CCCCCCCCCCC2)[CH-]N1c1ccccc1C(F)(F)F.[Cl][Au]. The molecule has 1 aromatic rings. The Hall–Kier alpha value is -0.730. The molecule has 34 heavy (non-hydrogen) atoms. The average Bonchev–Trinajstić information content (AvgIpc) is 3.23. The molecule has 1 saturated heterocycles. The molecule has 3 rings (SSSR count). The van der Waals surface area contributed by atoms with E-state index in [0.717, 1.165) is 31.7 Å². The number of methoxy groups -OCH3 is 1. The molecule has 1 aliphatic carbocycles. The van der Waals surface area contributed by atoms with Gasteiger partial charge in [0.1, 0.15) is 0 Å². The van der Waals surface area contributed by atoms with E-state index in [1.807, 2.05) is 6.67 Å². The second-order valence-corrected chi connectivity index (χ2v) is 9.08. The van der Waals surface area contributed by atoms with Gasteiger partial charge in [-0.2, -0.15) is 19.8 Å². The molecule has 1 heterocycles. The maximum atomic E-state index is 13.7. The van der Waals surface area contributed by atoms with Crippen molar-refractivity contribution in [3.8, 4) is 0 Å². The molecule has 2 fully saturated rings. The van der Waals surface area contributed by atoms with Crippen LogP contribution in [0.1, 0.15) is 82.6 Å². The van der Waals surface area contributed by atoms with Gasteiger partial charge in [-0.3, -0.25) is 4.79 Å². The third kappa shape index (κ3) is 9.05. The van der Waals surface area contributed by atoms with Gasteiger partial charge in [0.25, 0.3) is 0 Å². The van der Waals surface area contributed by atoms with Crippen molar-refractivity contribution >= 4 is 20.8 Å². The molecule has 198 valence electrons. The Morgan fingerprint density at radius 1 is 1.03 bits per heavy atom. The van der Waals surface area contributed by atoms with E-state index >= 15 is 0 Å². The Labute approximate surface area is 218 Å². The van der Waals surface area contributed by atoms with Crippen molar-refractivity contribution in [2.24, 2.45) is 0 Å². The van der Waals surface area contributed by atoms with E-state index in [-0.39, 0.29) is 24.2 Å². The fourth-order valence-corrected chi connectivity index (χ4v) is 4.99. The van der Waals surface area contributed by atoms with Crippen molar-refractivity contribution < 1.29 is 42.7 Å². The van der Waals surface area contributed by atoms with Crippen LogP contribution in [0.5, 0.6) is 0 Å². The number of esters is 1. The Bertz CT molecular complexity index is 726. The van der Waals surface area contributed by atoms with Gasteiger partial charge in [0.2, 0.25) is 0 Å². The van der Waals surface area contributed by atoms with E-state index in [0.29, 0.717) is 6.54 Å². The first-order chi connectivity index (χ1) is 16.4. The number of alkyl halides is 3. The standard InChI is InChI=1S/C25H36F3N2O2.Au.ClH/c1-32-24(31)17-21-18-29(20-13-9-7-5-3-2-4-6-8-10-14-20)19-30(21)23-16-12-11-15-22(23)25(26,27)28;;/h11-12,15-16,19-21H,2-10,13-14,17-18H2,1H3;;1H/q-1;+1;/p-1. The number of ether oxygens (including phenoxy) is 1. The molecular formula is C25H36AuClF3N2O2-. The summed E-state index contributed by atoms with van der Waals surface area (Å²) in [4.78, 5) is 15.9. The van der Waals surface area contributed by atoms with Crippen LogP contribution in [0.3, 0.4) is 0 Å². The maximum absolute atomic E-state index is 13.7. The molecule has 4 nitrogen and oxygen atoms in total. The number of para-hydroxylation sites is 1. The topological polar surface area (TPSA) is 32.8 Å². The fourth-order valence-electron chi connectivity index (χ4n) is 4.99. The van der Waals surface area contributed by atoms with E-state index in [1.54, 1.807) is 31.0 Å². The number of benzene rings is 1. The molecule has 0 aromatic heterocycles. The van der Waals surface area contributed by atoms with Crippen LogP contribution in [0.2, 0.25) is 0 Å². The summed E-state index contributed by atoms with van der Waals surface area (Å²) in [5.41, 5.74) is -0.573. The number of hydrogen-bond donors (Lipinski definition) is 0. The summed E-state index contributed by atoms with van der Waals surface area (Å²) in [6, 6.07) is 5.53. The van der Waals surface area contributed by atoms with Crippen LogP contribution < -0.4 is 4.90 Å². The molecule has 1 atom stereocenters. The number of halogens is 4. The van der Waals surface area contributed by atoms with Gasteiger partial charge in [0, 0.05) is 11.7 Å². The Morgan fingerprint density at radius 2 is 1.56 bits per heavy atom. The van der Waals surface area contributed by atoms with Crippen LogP contribution >= 0.6 is 9.19 Å². The molecule has 9 heteroatoms. The zero-order chi connectivity index (χ0) is 25.0. The Balaban J connectivity index is 0.00000199. The van der Waals surface area contributed by atoms with Gasteiger partial charge in [-0.05, 0) is 37.6 Å². The number of carbonyl (C=O) groups excluding carboxylic acids is 1. The van der Waals surface area contributed by atoms with Crippen LogP contribution in [0, 0.1) is 6.67 Å². The van der Waals surface area contributed by atoms with E-state index < -0.39 is 17.7 Å². The molecule has 0 N–H and O–H groups in total. The molecule has 1 unspecified atom stereocenters. The number of hydrogen-bond acceptors (Lipinski definition) is 4. The Kier molecular flexibility index (Phi) is 13.4. The predicted molar refractivity (Wildman–Crippen MR) is 126 cm³/mol. The second-order valence-electron chi connectivity index (χ2n) is 9.08. The number of carbonyl (C=O) groups is 1. The summed E-state index contributed by atoms with van der Waals surface area (Å²) >= 11 is 1.75. The minimum absolute atomic E-state index is 0.0579. The molecule has 1 aromatic carbocycles. The van der Waals surface area contributed by atoms with Crippen molar-refractivity contribution in [1.29, 1.82) is 0 Å². The van der Waals surface area contributed by atoms with Gasteiger partial charge in [-0.15, -0.1) is 0 Å². The third-order valence-electron chi connectivity index (χ3n) is 6.75. The van der Waals surface area contributed by atoms with Crippen LogP contribution in [-0.2, 0) is 35.7 Å². The van der Waals surface area contributed by atoms with Gasteiger partial charge in [0.15, 0.2) is 0 Å². The number of rotatable bonds is 4. The number of nitrogens with zero attached hydrogens (tertiary/aromatic N) is 2. The predicted octanol–water partition coefficient (Wildman–Crippen LogP) is 7.24. The summed E-state index contributed by atoms with van der Waals surface area (Å²) in [7, 11) is 5.90. The van der Waals surface area contributed by atoms with Crippen LogP contribution in [0.15, 0.2) is 24.3 Å². The summed E-state index contributed by atoms with van der Waals surface area (Å²) < 4.78 is 46.0. The van der Waals surface area contributed by atoms with Crippen molar-refractivity contribution in [2.75, 3.05) is 18.6 Å².